The lowest BCUT2D eigenvalue weighted by molar-refractivity contribution is -0.142. The minimum Gasteiger partial charge on any atom is -0.470 e. The van der Waals surface area contributed by atoms with Crippen LogP contribution in [0.3, 0.4) is 0 Å². The average molecular weight is 890 g/mol. The minimum absolute atomic E-state index is 0.00690. The zero-order chi connectivity index (χ0) is 43.6. The van der Waals surface area contributed by atoms with Crippen molar-refractivity contribution in [1.82, 2.24) is 24.6 Å². The van der Waals surface area contributed by atoms with Crippen LogP contribution >= 0.6 is 11.3 Å². The fourth-order valence-electron chi connectivity index (χ4n) is 8.90. The van der Waals surface area contributed by atoms with Crippen LogP contribution in [-0.2, 0) is 37.0 Å². The summed E-state index contributed by atoms with van der Waals surface area (Å²) in [6, 6.07) is 10.6. The topological polar surface area (TPSA) is 162 Å². The van der Waals surface area contributed by atoms with E-state index >= 15 is 0 Å². The number of nitrogens with zero attached hydrogens (tertiary/aromatic N) is 4. The summed E-state index contributed by atoms with van der Waals surface area (Å²) in [6.07, 6.45) is 3.78. The Balaban J connectivity index is 1.07. The first-order valence-electron chi connectivity index (χ1n) is 21.1. The predicted octanol–water partition coefficient (Wildman–Crippen LogP) is 8.44. The first-order valence-corrected chi connectivity index (χ1v) is 23.5. The average Bonchev–Trinajstić information content (AvgIpc) is 4.10. The SMILES string of the molecule is Cc1nc(C[C@H]2CCCCC/C=C\[C@@H]3C[C@@]3(C(=O)NS(=O)(=O)C3CC3)CC(=O)[C@@H]3C[C@@H](Oc4nc(-c5ccc(C(F)(F)F)cc5)nc5c4oc4ccccc45)CN3C2=O)sc1C. The van der Waals surface area contributed by atoms with Gasteiger partial charge in [0.2, 0.25) is 27.4 Å². The molecule has 326 valence electrons. The Hall–Kier alpha value is -5.16. The van der Waals surface area contributed by atoms with Crippen molar-refractivity contribution in [2.24, 2.45) is 17.3 Å². The third-order valence-corrected chi connectivity index (χ3v) is 15.7. The van der Waals surface area contributed by atoms with Gasteiger partial charge in [-0.2, -0.15) is 18.2 Å². The molecule has 2 aliphatic heterocycles. The summed E-state index contributed by atoms with van der Waals surface area (Å²) >= 11 is 1.54. The number of ether oxygens (including phenoxy) is 1. The van der Waals surface area contributed by atoms with Crippen molar-refractivity contribution in [2.45, 2.75) is 108 Å². The Labute approximate surface area is 360 Å². The summed E-state index contributed by atoms with van der Waals surface area (Å²) in [5.74, 6) is -2.09. The number of aryl methyl sites for hydroxylation is 2. The van der Waals surface area contributed by atoms with Gasteiger partial charge in [0, 0.05) is 41.0 Å². The van der Waals surface area contributed by atoms with Crippen LogP contribution in [0.15, 0.2) is 65.1 Å². The van der Waals surface area contributed by atoms with Crippen molar-refractivity contribution in [2.75, 3.05) is 6.54 Å². The van der Waals surface area contributed by atoms with Crippen LogP contribution in [0.2, 0.25) is 0 Å². The Morgan fingerprint density at radius 3 is 2.52 bits per heavy atom. The number of benzene rings is 2. The second-order valence-corrected chi connectivity index (χ2v) is 20.4. The molecule has 62 heavy (non-hydrogen) atoms. The van der Waals surface area contributed by atoms with Gasteiger partial charge in [0.05, 0.1) is 39.5 Å². The molecule has 0 bridgehead atoms. The summed E-state index contributed by atoms with van der Waals surface area (Å²) in [4.78, 5) is 60.4. The second kappa shape index (κ2) is 16.2. The molecular formula is C45H46F3N5O7S2. The van der Waals surface area contributed by atoms with Gasteiger partial charge in [-0.3, -0.25) is 19.1 Å². The number of ketones is 1. The minimum atomic E-state index is -4.54. The number of sulfonamides is 1. The van der Waals surface area contributed by atoms with Gasteiger partial charge in [0.15, 0.2) is 11.6 Å². The van der Waals surface area contributed by atoms with Crippen molar-refractivity contribution >= 4 is 61.0 Å². The molecule has 3 aromatic heterocycles. The predicted molar refractivity (Wildman–Crippen MR) is 226 cm³/mol. The maximum Gasteiger partial charge on any atom is 0.416 e. The third kappa shape index (κ3) is 8.37. The standard InChI is InChI=1S/C45H46F3N5O7S2/c1-25-26(2)61-37(49-25)20-28-10-6-4-3-5-7-11-30-22-44(30,43(56)52-62(57,58)32-18-19-32)23-35(54)34-21-31(24-53(34)42(28)55)59-41-39-38(33-12-8-9-13-36(33)60-39)50-40(51-41)27-14-16-29(17-15-27)45(46,47)48/h7-9,11-17,28,30-32,34H,3-6,10,18-24H2,1-2H3,(H,52,56)/b11-7-/t28-,30-,31-,34+,44-/m1/s1. The molecule has 2 saturated carbocycles. The molecule has 9 rings (SSSR count). The number of halogens is 3. The van der Waals surface area contributed by atoms with Crippen LogP contribution in [0.5, 0.6) is 5.88 Å². The number of aromatic nitrogens is 3. The molecule has 0 spiro atoms. The summed E-state index contributed by atoms with van der Waals surface area (Å²) in [5, 5.41) is 0.825. The van der Waals surface area contributed by atoms with Crippen LogP contribution < -0.4 is 9.46 Å². The highest BCUT2D eigenvalue weighted by Gasteiger charge is 2.61. The van der Waals surface area contributed by atoms with E-state index in [0.29, 0.717) is 54.2 Å². The Kier molecular flexibility index (Phi) is 11.0. The fraction of sp³-hybridized carbons (Fsp3) is 0.467. The molecular weight excluding hydrogens is 844 g/mol. The van der Waals surface area contributed by atoms with E-state index in [1.165, 1.54) is 12.1 Å². The molecule has 4 aliphatic rings. The lowest BCUT2D eigenvalue weighted by Crippen LogP contribution is -2.46. The van der Waals surface area contributed by atoms with Gasteiger partial charge in [-0.05, 0) is 82.6 Å². The number of Topliss-reactive ketones (excluding diaryl/α,β-unsaturated/α-hetero) is 1. The van der Waals surface area contributed by atoms with Crippen molar-refractivity contribution in [1.29, 1.82) is 0 Å². The van der Waals surface area contributed by atoms with Crippen molar-refractivity contribution in [3.8, 4) is 17.3 Å². The molecule has 5 atom stereocenters. The van der Waals surface area contributed by atoms with Gasteiger partial charge >= 0.3 is 6.18 Å². The summed E-state index contributed by atoms with van der Waals surface area (Å²) in [5.41, 5.74) is 0.122. The first-order chi connectivity index (χ1) is 29.6. The zero-order valence-electron chi connectivity index (χ0n) is 34.2. The second-order valence-electron chi connectivity index (χ2n) is 17.2. The Morgan fingerprint density at radius 1 is 1.02 bits per heavy atom. The molecule has 1 saturated heterocycles. The highest BCUT2D eigenvalue weighted by Crippen LogP contribution is 2.57. The number of carbonyl (C=O) groups is 3. The molecule has 0 radical (unpaired) electrons. The van der Waals surface area contributed by atoms with Crippen molar-refractivity contribution in [3.05, 3.63) is 81.8 Å². The third-order valence-electron chi connectivity index (χ3n) is 12.8. The van der Waals surface area contributed by atoms with E-state index in [0.717, 1.165) is 53.4 Å². The summed E-state index contributed by atoms with van der Waals surface area (Å²) < 4.78 is 81.6. The van der Waals surface area contributed by atoms with E-state index < -0.39 is 56.4 Å². The molecule has 0 unspecified atom stereocenters. The monoisotopic (exact) mass is 889 g/mol. The molecule has 2 amide bonds. The Morgan fingerprint density at radius 2 is 1.79 bits per heavy atom. The normalized spacial score (nSPS) is 25.5. The highest BCUT2D eigenvalue weighted by atomic mass is 32.2. The first kappa shape index (κ1) is 42.2. The number of nitrogens with one attached hydrogen (secondary N) is 1. The van der Waals surface area contributed by atoms with E-state index in [-0.39, 0.29) is 54.3 Å². The smallest absolute Gasteiger partial charge is 0.416 e. The Bertz CT molecular complexity index is 2690. The van der Waals surface area contributed by atoms with Crippen LogP contribution in [0, 0.1) is 31.1 Å². The van der Waals surface area contributed by atoms with Crippen LogP contribution in [0.1, 0.15) is 85.4 Å². The number of rotatable bonds is 8. The number of hydrogen-bond donors (Lipinski definition) is 1. The van der Waals surface area contributed by atoms with E-state index in [1.54, 1.807) is 40.5 Å². The van der Waals surface area contributed by atoms with Gasteiger partial charge in [-0.15, -0.1) is 11.3 Å². The van der Waals surface area contributed by atoms with Crippen LogP contribution in [0.25, 0.3) is 33.5 Å². The number of alkyl halides is 3. The number of para-hydroxylation sites is 1. The summed E-state index contributed by atoms with van der Waals surface area (Å²) in [6.45, 7) is 3.91. The number of amides is 2. The maximum atomic E-state index is 14.9. The van der Waals surface area contributed by atoms with Crippen molar-refractivity contribution in [3.63, 3.8) is 0 Å². The van der Waals surface area contributed by atoms with E-state index in [2.05, 4.69) is 9.71 Å². The fourth-order valence-corrected chi connectivity index (χ4v) is 11.3. The molecule has 12 nitrogen and oxygen atoms in total. The van der Waals surface area contributed by atoms with Gasteiger partial charge in [-0.25, -0.2) is 18.4 Å². The van der Waals surface area contributed by atoms with Gasteiger partial charge in [0.1, 0.15) is 17.2 Å². The van der Waals surface area contributed by atoms with Gasteiger partial charge in [0.25, 0.3) is 5.88 Å². The number of thiazole rings is 1. The number of allylic oxidation sites excluding steroid dienone is 2. The number of carbonyl (C=O) groups excluding carboxylic acids is 3. The van der Waals surface area contributed by atoms with Crippen LogP contribution in [0.4, 0.5) is 13.2 Å². The van der Waals surface area contributed by atoms with Crippen LogP contribution in [-0.4, -0.2) is 69.8 Å². The number of furan rings is 1. The van der Waals surface area contributed by atoms with Gasteiger partial charge < -0.3 is 14.1 Å². The zero-order valence-corrected chi connectivity index (χ0v) is 35.9. The number of fused-ring (bicyclic) bond motifs is 5. The summed E-state index contributed by atoms with van der Waals surface area (Å²) in [7, 11) is -3.89. The molecule has 5 heterocycles. The van der Waals surface area contributed by atoms with E-state index in [9.17, 15) is 36.0 Å². The molecule has 1 N–H and O–H groups in total. The molecule has 5 aromatic rings. The quantitative estimate of drug-likeness (QED) is 0.150. The lowest BCUT2D eigenvalue weighted by atomic mass is 9.90. The highest BCUT2D eigenvalue weighted by molar-refractivity contribution is 7.90. The van der Waals surface area contributed by atoms with Crippen molar-refractivity contribution < 1.29 is 45.1 Å². The molecule has 2 aliphatic carbocycles. The largest absolute Gasteiger partial charge is 0.470 e. The molecule has 2 aromatic carbocycles. The van der Waals surface area contributed by atoms with Gasteiger partial charge in [-0.1, -0.05) is 49.3 Å². The van der Waals surface area contributed by atoms with E-state index in [4.69, 9.17) is 19.1 Å². The lowest BCUT2D eigenvalue weighted by Gasteiger charge is -2.29. The number of hydrogen-bond acceptors (Lipinski definition) is 11. The molecule has 3 fully saturated rings. The molecule has 17 heteroatoms. The van der Waals surface area contributed by atoms with E-state index in [1.807, 2.05) is 26.0 Å². The maximum absolute atomic E-state index is 14.9.